The minimum Gasteiger partial charge on any atom is -0.355 e. The number of anilines is 1. The Morgan fingerprint density at radius 1 is 1.00 bits per heavy atom. The van der Waals surface area contributed by atoms with Gasteiger partial charge in [0.1, 0.15) is 0 Å². The molecule has 0 bridgehead atoms. The fraction of sp³-hybridized carbons (Fsp3) is 0.176. The molecular weight excluding hydrogens is 371 g/mol. The van der Waals surface area contributed by atoms with Gasteiger partial charge in [-0.25, -0.2) is 0 Å². The predicted molar refractivity (Wildman–Crippen MR) is 98.3 cm³/mol. The molecule has 0 fully saturated rings. The summed E-state index contributed by atoms with van der Waals surface area (Å²) in [5, 5.41) is 6.64. The highest BCUT2D eigenvalue weighted by atomic mass is 35.5. The number of benzene rings is 2. The average Bonchev–Trinajstić information content (AvgIpc) is 2.55. The van der Waals surface area contributed by atoms with Crippen LogP contribution in [0, 0.1) is 0 Å². The summed E-state index contributed by atoms with van der Waals surface area (Å²) < 4.78 is 0. The van der Waals surface area contributed by atoms with Crippen molar-refractivity contribution in [2.45, 2.75) is 12.8 Å². The monoisotopic (exact) mass is 384 g/mol. The summed E-state index contributed by atoms with van der Waals surface area (Å²) in [6.45, 7) is 0. The van der Waals surface area contributed by atoms with E-state index in [1.807, 2.05) is 0 Å². The Bertz CT molecular complexity index is 778. The third kappa shape index (κ3) is 4.87. The second-order valence-corrected chi connectivity index (χ2v) is 6.31. The van der Waals surface area contributed by atoms with Crippen LogP contribution >= 0.6 is 34.8 Å². The van der Waals surface area contributed by atoms with Gasteiger partial charge in [-0.15, -0.1) is 0 Å². The summed E-state index contributed by atoms with van der Waals surface area (Å²) in [6, 6.07) is 9.92. The van der Waals surface area contributed by atoms with Gasteiger partial charge in [-0.05, 0) is 42.3 Å². The molecule has 2 N–H and O–H groups in total. The molecule has 2 amide bonds. The first-order valence-corrected chi connectivity index (χ1v) is 8.29. The maximum atomic E-state index is 12.1. The van der Waals surface area contributed by atoms with Crippen LogP contribution in [0.15, 0.2) is 36.4 Å². The summed E-state index contributed by atoms with van der Waals surface area (Å²) in [7, 11) is 1.51. The molecule has 4 nitrogen and oxygen atoms in total. The molecule has 0 aliphatic heterocycles. The molecule has 0 atom stereocenters. The molecule has 2 aromatic carbocycles. The van der Waals surface area contributed by atoms with Gasteiger partial charge in [-0.2, -0.15) is 0 Å². The third-order valence-corrected chi connectivity index (χ3v) is 4.27. The van der Waals surface area contributed by atoms with Crippen LogP contribution in [0.4, 0.5) is 5.69 Å². The number of aryl methyl sites for hydroxylation is 1. The lowest BCUT2D eigenvalue weighted by Gasteiger charge is -2.09. The van der Waals surface area contributed by atoms with Gasteiger partial charge in [0, 0.05) is 29.2 Å². The van der Waals surface area contributed by atoms with Gasteiger partial charge >= 0.3 is 0 Å². The Morgan fingerprint density at radius 3 is 2.42 bits per heavy atom. The topological polar surface area (TPSA) is 58.2 Å². The van der Waals surface area contributed by atoms with Crippen LogP contribution in [0.3, 0.4) is 0 Å². The Hall–Kier alpha value is -1.75. The Kier molecular flexibility index (Phi) is 6.49. The largest absolute Gasteiger partial charge is 0.355 e. The van der Waals surface area contributed by atoms with E-state index in [2.05, 4.69) is 10.6 Å². The van der Waals surface area contributed by atoms with Gasteiger partial charge in [-0.1, -0.05) is 40.9 Å². The number of nitrogens with one attached hydrogen (secondary N) is 2. The smallest absolute Gasteiger partial charge is 0.252 e. The summed E-state index contributed by atoms with van der Waals surface area (Å²) >= 11 is 17.9. The molecule has 24 heavy (non-hydrogen) atoms. The first-order chi connectivity index (χ1) is 11.4. The number of hydrogen-bond acceptors (Lipinski definition) is 2. The molecule has 7 heteroatoms. The normalized spacial score (nSPS) is 10.3. The van der Waals surface area contributed by atoms with Crippen LogP contribution in [-0.4, -0.2) is 18.9 Å². The molecule has 126 valence electrons. The van der Waals surface area contributed by atoms with Crippen molar-refractivity contribution in [3.05, 3.63) is 62.6 Å². The highest BCUT2D eigenvalue weighted by Gasteiger charge is 2.11. The molecule has 2 aromatic rings. The third-order valence-electron chi connectivity index (χ3n) is 3.36. The highest BCUT2D eigenvalue weighted by Crippen LogP contribution is 2.23. The predicted octanol–water partition coefficient (Wildman–Crippen LogP) is 4.58. The zero-order chi connectivity index (χ0) is 17.7. The molecule has 0 heterocycles. The van der Waals surface area contributed by atoms with Gasteiger partial charge in [-0.3, -0.25) is 9.59 Å². The second-order valence-electron chi connectivity index (χ2n) is 5.06. The molecule has 0 aliphatic rings. The Labute approximate surface area is 155 Å². The van der Waals surface area contributed by atoms with Crippen molar-refractivity contribution < 1.29 is 9.59 Å². The van der Waals surface area contributed by atoms with E-state index < -0.39 is 0 Å². The lowest BCUT2D eigenvalue weighted by molar-refractivity contribution is -0.116. The molecular formula is C17H15Cl3N2O2. The van der Waals surface area contributed by atoms with Crippen molar-refractivity contribution in [1.82, 2.24) is 5.32 Å². The fourth-order valence-electron chi connectivity index (χ4n) is 2.11. The zero-order valence-corrected chi connectivity index (χ0v) is 15.1. The first-order valence-electron chi connectivity index (χ1n) is 7.16. The van der Waals surface area contributed by atoms with Crippen molar-refractivity contribution in [2.75, 3.05) is 12.4 Å². The van der Waals surface area contributed by atoms with Crippen LogP contribution in [0.25, 0.3) is 0 Å². The molecule has 0 unspecified atom stereocenters. The highest BCUT2D eigenvalue weighted by molar-refractivity contribution is 6.35. The SMILES string of the molecule is CNC(=O)c1cc(NC(=O)CCc2ccc(Cl)cc2Cl)ccc1Cl. The second kappa shape index (κ2) is 8.38. The quantitative estimate of drug-likeness (QED) is 0.791. The molecule has 0 spiro atoms. The minimum atomic E-state index is -0.316. The standard InChI is InChI=1S/C17H15Cl3N2O2/c1-21-17(24)13-9-12(5-6-14(13)19)22-16(23)7-3-10-2-4-11(18)8-15(10)20/h2,4-6,8-9H,3,7H2,1H3,(H,21,24)(H,22,23). The van der Waals surface area contributed by atoms with Crippen molar-refractivity contribution in [3.63, 3.8) is 0 Å². The van der Waals surface area contributed by atoms with Crippen LogP contribution in [-0.2, 0) is 11.2 Å². The Balaban J connectivity index is 2.01. The lowest BCUT2D eigenvalue weighted by Crippen LogP contribution is -2.19. The maximum absolute atomic E-state index is 12.1. The van der Waals surface area contributed by atoms with E-state index in [9.17, 15) is 9.59 Å². The van der Waals surface area contributed by atoms with Crippen molar-refractivity contribution in [3.8, 4) is 0 Å². The lowest BCUT2D eigenvalue weighted by atomic mass is 10.1. The summed E-state index contributed by atoms with van der Waals surface area (Å²) in [5.74, 6) is -0.504. The summed E-state index contributed by atoms with van der Waals surface area (Å²) in [4.78, 5) is 23.8. The Morgan fingerprint density at radius 2 is 1.75 bits per heavy atom. The van der Waals surface area contributed by atoms with E-state index in [1.165, 1.54) is 13.1 Å². The van der Waals surface area contributed by atoms with E-state index >= 15 is 0 Å². The number of halogens is 3. The van der Waals surface area contributed by atoms with E-state index in [4.69, 9.17) is 34.8 Å². The molecule has 2 rings (SSSR count). The van der Waals surface area contributed by atoms with Gasteiger partial charge in [0.2, 0.25) is 5.91 Å². The first kappa shape index (κ1) is 18.6. The van der Waals surface area contributed by atoms with Crippen molar-refractivity contribution in [1.29, 1.82) is 0 Å². The van der Waals surface area contributed by atoms with Gasteiger partial charge in [0.05, 0.1) is 10.6 Å². The van der Waals surface area contributed by atoms with E-state index in [0.29, 0.717) is 32.7 Å². The summed E-state index contributed by atoms with van der Waals surface area (Å²) in [6.07, 6.45) is 0.733. The number of carbonyl (C=O) groups is 2. The number of amides is 2. The van der Waals surface area contributed by atoms with Gasteiger partial charge in [0.15, 0.2) is 0 Å². The van der Waals surface area contributed by atoms with Crippen molar-refractivity contribution in [2.24, 2.45) is 0 Å². The molecule has 0 aliphatic carbocycles. The number of rotatable bonds is 5. The van der Waals surface area contributed by atoms with Crippen LogP contribution in [0.1, 0.15) is 22.3 Å². The van der Waals surface area contributed by atoms with E-state index in [-0.39, 0.29) is 18.2 Å². The molecule has 0 radical (unpaired) electrons. The fourth-order valence-corrected chi connectivity index (χ4v) is 2.81. The van der Waals surface area contributed by atoms with E-state index in [1.54, 1.807) is 30.3 Å². The molecule has 0 saturated carbocycles. The van der Waals surface area contributed by atoms with Gasteiger partial charge < -0.3 is 10.6 Å². The van der Waals surface area contributed by atoms with Crippen LogP contribution in [0.2, 0.25) is 15.1 Å². The molecule has 0 saturated heterocycles. The average molecular weight is 386 g/mol. The minimum absolute atomic E-state index is 0.189. The van der Waals surface area contributed by atoms with Crippen molar-refractivity contribution >= 4 is 52.3 Å². The van der Waals surface area contributed by atoms with E-state index in [0.717, 1.165) is 5.56 Å². The van der Waals surface area contributed by atoms with Crippen LogP contribution in [0.5, 0.6) is 0 Å². The van der Waals surface area contributed by atoms with Gasteiger partial charge in [0.25, 0.3) is 5.91 Å². The maximum Gasteiger partial charge on any atom is 0.252 e. The van der Waals surface area contributed by atoms with Crippen LogP contribution < -0.4 is 10.6 Å². The number of carbonyl (C=O) groups excluding carboxylic acids is 2. The number of hydrogen-bond donors (Lipinski definition) is 2. The molecule has 0 aromatic heterocycles. The summed E-state index contributed by atoms with van der Waals surface area (Å²) in [5.41, 5.74) is 1.65. The zero-order valence-electron chi connectivity index (χ0n) is 12.8.